The van der Waals surface area contributed by atoms with E-state index in [4.69, 9.17) is 4.74 Å². The van der Waals surface area contributed by atoms with E-state index in [-0.39, 0.29) is 24.4 Å². The molecule has 102 valence electrons. The van der Waals surface area contributed by atoms with Crippen LogP contribution in [0.15, 0.2) is 30.3 Å². The zero-order valence-corrected chi connectivity index (χ0v) is 10.9. The van der Waals surface area contributed by atoms with E-state index in [0.717, 1.165) is 25.8 Å². The number of ketones is 1. The number of Topliss-reactive ketones (excluding diaryl/α,β-unsaturated/α-hetero) is 1. The topological polar surface area (TPSA) is 55.4 Å². The van der Waals surface area contributed by atoms with Gasteiger partial charge in [0.15, 0.2) is 12.4 Å². The molecule has 1 atom stereocenters. The molecule has 0 saturated carbocycles. The second-order valence-corrected chi connectivity index (χ2v) is 4.80. The van der Waals surface area contributed by atoms with Gasteiger partial charge in [-0.15, -0.1) is 0 Å². The normalized spacial score (nSPS) is 18.8. The molecular weight excluding hydrogens is 242 g/mol. The second-order valence-electron chi connectivity index (χ2n) is 4.80. The van der Waals surface area contributed by atoms with Crippen LogP contribution in [0.4, 0.5) is 0 Å². The number of piperidine rings is 1. The number of benzene rings is 1. The van der Waals surface area contributed by atoms with Crippen LogP contribution in [0, 0.1) is 0 Å². The largest absolute Gasteiger partial charge is 0.457 e. The average Bonchev–Trinajstić information content (AvgIpc) is 2.47. The summed E-state index contributed by atoms with van der Waals surface area (Å²) in [6, 6.07) is 9.07. The summed E-state index contributed by atoms with van der Waals surface area (Å²) in [7, 11) is 0. The van der Waals surface area contributed by atoms with Crippen molar-refractivity contribution in [2.24, 2.45) is 0 Å². The molecule has 2 rings (SSSR count). The summed E-state index contributed by atoms with van der Waals surface area (Å²) < 4.78 is 5.03. The predicted octanol–water partition coefficient (Wildman–Crippen LogP) is 1.94. The Morgan fingerprint density at radius 2 is 2.00 bits per heavy atom. The number of esters is 1. The van der Waals surface area contributed by atoms with E-state index in [9.17, 15) is 9.59 Å². The van der Waals surface area contributed by atoms with Gasteiger partial charge in [-0.2, -0.15) is 0 Å². The third-order valence-electron chi connectivity index (χ3n) is 3.29. The van der Waals surface area contributed by atoms with Crippen molar-refractivity contribution in [2.45, 2.75) is 31.7 Å². The first-order valence-electron chi connectivity index (χ1n) is 6.73. The van der Waals surface area contributed by atoms with Crippen LogP contribution < -0.4 is 5.32 Å². The molecule has 1 aliphatic heterocycles. The maximum Gasteiger partial charge on any atom is 0.307 e. The minimum absolute atomic E-state index is 0.162. The van der Waals surface area contributed by atoms with Crippen molar-refractivity contribution in [3.8, 4) is 0 Å². The molecule has 0 amide bonds. The quantitative estimate of drug-likeness (QED) is 0.650. The van der Waals surface area contributed by atoms with E-state index < -0.39 is 0 Å². The molecule has 1 heterocycles. The lowest BCUT2D eigenvalue weighted by atomic mass is 10.0. The maximum atomic E-state index is 11.7. The molecule has 0 radical (unpaired) electrons. The Labute approximate surface area is 113 Å². The number of hydrogen-bond acceptors (Lipinski definition) is 4. The van der Waals surface area contributed by atoms with E-state index in [1.165, 1.54) is 0 Å². The molecule has 1 fully saturated rings. The van der Waals surface area contributed by atoms with Crippen LogP contribution in [0.25, 0.3) is 0 Å². The molecule has 1 N–H and O–H groups in total. The molecule has 1 saturated heterocycles. The SMILES string of the molecule is O=C(CC1CCCCN1)OCC(=O)c1ccccc1. The molecule has 0 spiro atoms. The van der Waals surface area contributed by atoms with Crippen LogP contribution in [-0.4, -0.2) is 30.9 Å². The number of hydrogen-bond donors (Lipinski definition) is 1. The third kappa shape index (κ3) is 4.48. The first-order chi connectivity index (χ1) is 9.25. The molecule has 4 nitrogen and oxygen atoms in total. The summed E-state index contributed by atoms with van der Waals surface area (Å²) in [5, 5.41) is 3.28. The van der Waals surface area contributed by atoms with Gasteiger partial charge in [0.2, 0.25) is 0 Å². The van der Waals surface area contributed by atoms with Gasteiger partial charge in [-0.05, 0) is 19.4 Å². The van der Waals surface area contributed by atoms with Crippen molar-refractivity contribution >= 4 is 11.8 Å². The first kappa shape index (κ1) is 13.7. The first-order valence-corrected chi connectivity index (χ1v) is 6.73. The molecule has 0 aliphatic carbocycles. The Hall–Kier alpha value is -1.68. The summed E-state index contributed by atoms with van der Waals surface area (Å²) >= 11 is 0. The van der Waals surface area contributed by atoms with Gasteiger partial charge in [0.1, 0.15) is 0 Å². The lowest BCUT2D eigenvalue weighted by Crippen LogP contribution is -2.36. The average molecular weight is 261 g/mol. The molecule has 19 heavy (non-hydrogen) atoms. The van der Waals surface area contributed by atoms with Gasteiger partial charge >= 0.3 is 5.97 Å². The zero-order valence-electron chi connectivity index (χ0n) is 10.9. The van der Waals surface area contributed by atoms with Crippen LogP contribution in [0.2, 0.25) is 0 Å². The van der Waals surface area contributed by atoms with Crippen LogP contribution >= 0.6 is 0 Å². The molecule has 1 aromatic rings. The number of nitrogens with one attached hydrogen (secondary N) is 1. The summed E-state index contributed by atoms with van der Waals surface area (Å²) in [5.74, 6) is -0.464. The Kier molecular flexibility index (Phi) is 5.10. The molecule has 1 aliphatic rings. The molecule has 4 heteroatoms. The number of ether oxygens (including phenoxy) is 1. The minimum atomic E-state index is -0.302. The summed E-state index contributed by atoms with van der Waals surface area (Å²) in [6.45, 7) is 0.788. The second kappa shape index (κ2) is 7.04. The minimum Gasteiger partial charge on any atom is -0.457 e. The molecular formula is C15H19NO3. The number of rotatable bonds is 5. The van der Waals surface area contributed by atoms with E-state index in [0.29, 0.717) is 12.0 Å². The van der Waals surface area contributed by atoms with Gasteiger partial charge in [0, 0.05) is 11.6 Å². The van der Waals surface area contributed by atoms with Crippen molar-refractivity contribution in [3.05, 3.63) is 35.9 Å². The van der Waals surface area contributed by atoms with E-state index in [2.05, 4.69) is 5.32 Å². The maximum absolute atomic E-state index is 11.7. The Bertz CT molecular complexity index is 424. The molecule has 1 unspecified atom stereocenters. The summed E-state index contributed by atoms with van der Waals surface area (Å²) in [5.41, 5.74) is 0.575. The van der Waals surface area contributed by atoms with Crippen LogP contribution in [0.3, 0.4) is 0 Å². The van der Waals surface area contributed by atoms with E-state index >= 15 is 0 Å². The molecule has 0 aromatic heterocycles. The molecule has 1 aromatic carbocycles. The molecule has 0 bridgehead atoms. The highest BCUT2D eigenvalue weighted by Crippen LogP contribution is 2.10. The third-order valence-corrected chi connectivity index (χ3v) is 3.29. The zero-order chi connectivity index (χ0) is 13.5. The van der Waals surface area contributed by atoms with Crippen molar-refractivity contribution < 1.29 is 14.3 Å². The lowest BCUT2D eigenvalue weighted by Gasteiger charge is -2.22. The number of carbonyl (C=O) groups excluding carboxylic acids is 2. The monoisotopic (exact) mass is 261 g/mol. The highest BCUT2D eigenvalue weighted by Gasteiger charge is 2.18. The van der Waals surface area contributed by atoms with Crippen molar-refractivity contribution in [2.75, 3.05) is 13.2 Å². The van der Waals surface area contributed by atoms with E-state index in [1.807, 2.05) is 6.07 Å². The van der Waals surface area contributed by atoms with Gasteiger partial charge in [0.05, 0.1) is 6.42 Å². The Morgan fingerprint density at radius 3 is 2.68 bits per heavy atom. The van der Waals surface area contributed by atoms with Gasteiger partial charge < -0.3 is 10.1 Å². The Morgan fingerprint density at radius 1 is 1.21 bits per heavy atom. The van der Waals surface area contributed by atoms with Crippen molar-refractivity contribution in [3.63, 3.8) is 0 Å². The van der Waals surface area contributed by atoms with Gasteiger partial charge in [-0.25, -0.2) is 0 Å². The smallest absolute Gasteiger partial charge is 0.307 e. The van der Waals surface area contributed by atoms with E-state index in [1.54, 1.807) is 24.3 Å². The van der Waals surface area contributed by atoms with Crippen molar-refractivity contribution in [1.82, 2.24) is 5.32 Å². The van der Waals surface area contributed by atoms with Crippen molar-refractivity contribution in [1.29, 1.82) is 0 Å². The highest BCUT2D eigenvalue weighted by atomic mass is 16.5. The van der Waals surface area contributed by atoms with Crippen LogP contribution in [0.1, 0.15) is 36.0 Å². The Balaban J connectivity index is 1.72. The highest BCUT2D eigenvalue weighted by molar-refractivity contribution is 5.97. The fraction of sp³-hybridized carbons (Fsp3) is 0.467. The summed E-state index contributed by atoms with van der Waals surface area (Å²) in [4.78, 5) is 23.4. The van der Waals surface area contributed by atoms with Gasteiger partial charge in [-0.1, -0.05) is 36.8 Å². The predicted molar refractivity (Wildman–Crippen MR) is 72.0 cm³/mol. The standard InChI is InChI=1S/C15H19NO3/c17-14(12-6-2-1-3-7-12)11-19-15(18)10-13-8-4-5-9-16-13/h1-3,6-7,13,16H,4-5,8-11H2. The lowest BCUT2D eigenvalue weighted by molar-refractivity contribution is -0.143. The van der Waals surface area contributed by atoms with Crippen LogP contribution in [-0.2, 0) is 9.53 Å². The van der Waals surface area contributed by atoms with Gasteiger partial charge in [0.25, 0.3) is 0 Å². The van der Waals surface area contributed by atoms with Gasteiger partial charge in [-0.3, -0.25) is 9.59 Å². The number of carbonyl (C=O) groups is 2. The fourth-order valence-electron chi connectivity index (χ4n) is 2.21. The summed E-state index contributed by atoms with van der Waals surface area (Å²) in [6.07, 6.45) is 3.66. The van der Waals surface area contributed by atoms with Crippen LogP contribution in [0.5, 0.6) is 0 Å². The fourth-order valence-corrected chi connectivity index (χ4v) is 2.21.